The number of guanidine groups is 1. The monoisotopic (exact) mass is 508 g/mol. The number of halogens is 1. The maximum Gasteiger partial charge on any atom is 0.191 e. The van der Waals surface area contributed by atoms with E-state index in [1.54, 1.807) is 0 Å². The highest BCUT2D eigenvalue weighted by molar-refractivity contribution is 14.0. The van der Waals surface area contributed by atoms with Gasteiger partial charge in [0.25, 0.3) is 0 Å². The van der Waals surface area contributed by atoms with Crippen molar-refractivity contribution in [3.05, 3.63) is 11.6 Å². The van der Waals surface area contributed by atoms with Crippen molar-refractivity contribution in [1.29, 1.82) is 0 Å². The van der Waals surface area contributed by atoms with Crippen LogP contribution in [0.15, 0.2) is 4.99 Å². The molecule has 2 fully saturated rings. The van der Waals surface area contributed by atoms with Gasteiger partial charge in [0.15, 0.2) is 21.6 Å². The molecule has 1 saturated carbocycles. The topological polar surface area (TPSA) is 101 Å². The lowest BCUT2D eigenvalue weighted by molar-refractivity contribution is 0.391. The van der Waals surface area contributed by atoms with Crippen LogP contribution in [0.25, 0.3) is 0 Å². The van der Waals surface area contributed by atoms with Crippen LogP contribution in [0, 0.1) is 5.92 Å². The van der Waals surface area contributed by atoms with E-state index in [1.165, 1.54) is 12.8 Å². The first-order valence-corrected chi connectivity index (χ1v) is 11.5. The molecular weight excluding hydrogens is 479 g/mol. The number of rotatable bonds is 5. The molecule has 27 heavy (non-hydrogen) atoms. The Labute approximate surface area is 177 Å². The van der Waals surface area contributed by atoms with E-state index in [-0.39, 0.29) is 41.7 Å². The summed E-state index contributed by atoms with van der Waals surface area (Å²) >= 11 is 0. The molecule has 2 atom stereocenters. The third-order valence-corrected chi connectivity index (χ3v) is 7.15. The summed E-state index contributed by atoms with van der Waals surface area (Å²) in [5, 5.41) is 11.6. The first-order valence-electron chi connectivity index (χ1n) is 9.71. The third kappa shape index (κ3) is 5.55. The molecule has 0 bridgehead atoms. The second-order valence-electron chi connectivity index (χ2n) is 7.74. The minimum absolute atomic E-state index is 0. The van der Waals surface area contributed by atoms with Gasteiger partial charge in [-0.15, -0.1) is 24.0 Å². The van der Waals surface area contributed by atoms with Gasteiger partial charge < -0.3 is 10.6 Å². The Morgan fingerprint density at radius 1 is 1.22 bits per heavy atom. The fraction of sp³-hybridized carbons (Fsp3) is 0.824. The zero-order chi connectivity index (χ0) is 18.1. The van der Waals surface area contributed by atoms with Gasteiger partial charge in [0.1, 0.15) is 5.82 Å². The quantitative estimate of drug-likeness (QED) is 0.349. The number of nitrogens with one attached hydrogen (secondary N) is 2. The fourth-order valence-electron chi connectivity index (χ4n) is 3.61. The van der Waals surface area contributed by atoms with Gasteiger partial charge in [-0.3, -0.25) is 4.99 Å². The van der Waals surface area contributed by atoms with Crippen LogP contribution < -0.4 is 10.6 Å². The van der Waals surface area contributed by atoms with Gasteiger partial charge in [0, 0.05) is 31.5 Å². The van der Waals surface area contributed by atoms with Crippen LogP contribution in [0.4, 0.5) is 0 Å². The Hall–Kier alpha value is -0.910. The Balaban J connectivity index is 0.00000210. The SMILES string of the molecule is CCc1nc2n(n1)CC(NC(=NCC1CCS(=O)(=O)C1)NC1CC1)CC2.I. The van der Waals surface area contributed by atoms with E-state index in [1.807, 2.05) is 4.68 Å². The molecule has 4 rings (SSSR count). The highest BCUT2D eigenvalue weighted by Gasteiger charge is 2.29. The smallest absolute Gasteiger partial charge is 0.191 e. The summed E-state index contributed by atoms with van der Waals surface area (Å²) < 4.78 is 25.3. The predicted octanol–water partition coefficient (Wildman–Crippen LogP) is 0.906. The van der Waals surface area contributed by atoms with Gasteiger partial charge >= 0.3 is 0 Å². The molecule has 1 saturated heterocycles. The lowest BCUT2D eigenvalue weighted by Gasteiger charge is -2.25. The summed E-state index contributed by atoms with van der Waals surface area (Å²) in [6, 6.07) is 0.775. The average Bonchev–Trinajstić information content (AvgIpc) is 3.21. The van der Waals surface area contributed by atoms with E-state index in [9.17, 15) is 8.42 Å². The molecule has 8 nitrogen and oxygen atoms in total. The number of aryl methyl sites for hydroxylation is 2. The fourth-order valence-corrected chi connectivity index (χ4v) is 5.46. The zero-order valence-electron chi connectivity index (χ0n) is 15.7. The summed E-state index contributed by atoms with van der Waals surface area (Å²) in [6.45, 7) is 3.44. The number of hydrogen-bond donors (Lipinski definition) is 2. The van der Waals surface area contributed by atoms with E-state index in [4.69, 9.17) is 4.99 Å². The predicted molar refractivity (Wildman–Crippen MR) is 115 cm³/mol. The van der Waals surface area contributed by atoms with Gasteiger partial charge in [-0.2, -0.15) is 5.10 Å². The molecular formula is C17H29IN6O2S. The Morgan fingerprint density at radius 2 is 2.00 bits per heavy atom. The molecule has 1 aliphatic carbocycles. The van der Waals surface area contributed by atoms with Crippen molar-refractivity contribution in [2.75, 3.05) is 18.1 Å². The lowest BCUT2D eigenvalue weighted by Crippen LogP contribution is -2.48. The molecule has 0 amide bonds. The van der Waals surface area contributed by atoms with Gasteiger partial charge in [-0.25, -0.2) is 18.1 Å². The van der Waals surface area contributed by atoms with Crippen LogP contribution in [0.2, 0.25) is 0 Å². The van der Waals surface area contributed by atoms with Crippen molar-refractivity contribution < 1.29 is 8.42 Å². The van der Waals surface area contributed by atoms with Crippen LogP contribution in [0.1, 0.15) is 44.3 Å². The summed E-state index contributed by atoms with van der Waals surface area (Å²) in [5.74, 6) is 3.54. The number of hydrogen-bond acceptors (Lipinski definition) is 5. The standard InChI is InChI=1S/C17H28N6O2S.HI/c1-2-15-21-16-6-5-14(10-23(16)22-15)20-17(19-13-3-4-13)18-9-12-7-8-26(24,25)11-12;/h12-14H,2-11H2,1H3,(H2,18,19,20);1H. The summed E-state index contributed by atoms with van der Waals surface area (Å²) in [4.78, 5) is 9.27. The summed E-state index contributed by atoms with van der Waals surface area (Å²) in [7, 11) is -2.84. The van der Waals surface area contributed by atoms with Crippen molar-refractivity contribution in [3.8, 4) is 0 Å². The summed E-state index contributed by atoms with van der Waals surface area (Å²) in [6.07, 6.45) is 5.87. The molecule has 1 aromatic rings. The molecule has 3 heterocycles. The normalized spacial score (nSPS) is 26.9. The molecule has 152 valence electrons. The van der Waals surface area contributed by atoms with Gasteiger partial charge in [-0.1, -0.05) is 6.92 Å². The summed E-state index contributed by atoms with van der Waals surface area (Å²) in [5.41, 5.74) is 0. The highest BCUT2D eigenvalue weighted by Crippen LogP contribution is 2.20. The van der Waals surface area contributed by atoms with Crippen LogP contribution in [0.5, 0.6) is 0 Å². The number of sulfone groups is 1. The lowest BCUT2D eigenvalue weighted by atomic mass is 10.1. The van der Waals surface area contributed by atoms with E-state index >= 15 is 0 Å². The largest absolute Gasteiger partial charge is 0.354 e. The number of aliphatic imine (C=N–C) groups is 1. The molecule has 0 aromatic carbocycles. The van der Waals surface area contributed by atoms with Crippen molar-refractivity contribution >= 4 is 39.8 Å². The Kier molecular flexibility index (Phi) is 6.65. The first kappa shape index (κ1) is 20.8. The molecule has 0 spiro atoms. The number of aromatic nitrogens is 3. The van der Waals surface area contributed by atoms with Gasteiger partial charge in [0.2, 0.25) is 0 Å². The zero-order valence-corrected chi connectivity index (χ0v) is 18.9. The average molecular weight is 508 g/mol. The van der Waals surface area contributed by atoms with Crippen LogP contribution in [0.3, 0.4) is 0 Å². The number of nitrogens with zero attached hydrogens (tertiary/aromatic N) is 4. The highest BCUT2D eigenvalue weighted by atomic mass is 127. The molecule has 2 N–H and O–H groups in total. The maximum absolute atomic E-state index is 11.6. The van der Waals surface area contributed by atoms with E-state index < -0.39 is 9.84 Å². The van der Waals surface area contributed by atoms with Crippen LogP contribution in [-0.2, 0) is 29.2 Å². The Bertz CT molecular complexity index is 789. The molecule has 3 aliphatic rings. The van der Waals surface area contributed by atoms with Gasteiger partial charge in [-0.05, 0) is 31.6 Å². The van der Waals surface area contributed by atoms with Crippen molar-refractivity contribution in [2.45, 2.75) is 64.1 Å². The first-order chi connectivity index (χ1) is 12.5. The molecule has 2 unspecified atom stereocenters. The minimum atomic E-state index is -2.84. The second-order valence-corrected chi connectivity index (χ2v) is 9.97. The molecule has 2 aliphatic heterocycles. The van der Waals surface area contributed by atoms with Crippen LogP contribution >= 0.6 is 24.0 Å². The van der Waals surface area contributed by atoms with Crippen molar-refractivity contribution in [2.24, 2.45) is 10.9 Å². The van der Waals surface area contributed by atoms with E-state index in [2.05, 4.69) is 27.6 Å². The van der Waals surface area contributed by atoms with E-state index in [0.29, 0.717) is 18.3 Å². The minimum Gasteiger partial charge on any atom is -0.354 e. The molecule has 0 radical (unpaired) electrons. The van der Waals surface area contributed by atoms with Crippen molar-refractivity contribution in [1.82, 2.24) is 25.4 Å². The van der Waals surface area contributed by atoms with Gasteiger partial charge in [0.05, 0.1) is 18.1 Å². The number of fused-ring (bicyclic) bond motifs is 1. The Morgan fingerprint density at radius 3 is 2.67 bits per heavy atom. The third-order valence-electron chi connectivity index (χ3n) is 5.31. The molecule has 10 heteroatoms. The maximum atomic E-state index is 11.6. The second kappa shape index (κ2) is 8.62. The van der Waals surface area contributed by atoms with Crippen LogP contribution in [-0.4, -0.2) is 59.3 Å². The van der Waals surface area contributed by atoms with E-state index in [0.717, 1.165) is 49.8 Å². The van der Waals surface area contributed by atoms with Crippen molar-refractivity contribution in [3.63, 3.8) is 0 Å². The molecule has 1 aromatic heterocycles.